The largest absolute Gasteiger partial charge is 0.497 e. The van der Waals surface area contributed by atoms with Gasteiger partial charge in [-0.05, 0) is 12.1 Å². The van der Waals surface area contributed by atoms with Crippen molar-refractivity contribution in [2.45, 2.75) is 5.08 Å². The number of benzene rings is 1. The molecule has 0 saturated heterocycles. The van der Waals surface area contributed by atoms with Gasteiger partial charge in [-0.15, -0.1) is 0 Å². The lowest BCUT2D eigenvalue weighted by molar-refractivity contribution is 0.123. The van der Waals surface area contributed by atoms with Gasteiger partial charge in [0.2, 0.25) is 0 Å². The number of methoxy groups -OCH3 is 1. The van der Waals surface area contributed by atoms with Gasteiger partial charge >= 0.3 is 15.2 Å². The SMILES string of the molecule is COc1ccc(C(O)(P(=O)(O)O)P(=O)(O)OC)cc1. The Balaban J connectivity index is 3.49. The zero-order valence-electron chi connectivity index (χ0n) is 10.1. The third-order valence-corrected chi connectivity index (χ3v) is 6.68. The monoisotopic (exact) mass is 312 g/mol. The van der Waals surface area contributed by atoms with E-state index < -0.39 is 25.8 Å². The molecule has 4 N–H and O–H groups in total. The summed E-state index contributed by atoms with van der Waals surface area (Å²) in [6.07, 6.45) is 0. The van der Waals surface area contributed by atoms with Crippen LogP contribution in [-0.2, 0) is 18.7 Å². The molecule has 10 heteroatoms. The quantitative estimate of drug-likeness (QED) is 0.587. The topological polar surface area (TPSA) is 134 Å². The molecule has 0 amide bonds. The normalized spacial score (nSPS) is 18.4. The van der Waals surface area contributed by atoms with Gasteiger partial charge in [0.15, 0.2) is 0 Å². The van der Waals surface area contributed by atoms with Gasteiger partial charge in [-0.25, -0.2) is 0 Å². The Morgan fingerprint density at radius 1 is 1.05 bits per heavy atom. The number of ether oxygens (including phenoxy) is 1. The van der Waals surface area contributed by atoms with Gasteiger partial charge in [0, 0.05) is 12.7 Å². The van der Waals surface area contributed by atoms with Crippen molar-refractivity contribution in [3.8, 4) is 5.75 Å². The Bertz CT molecular complexity index is 536. The Labute approximate surface area is 109 Å². The van der Waals surface area contributed by atoms with Crippen molar-refractivity contribution in [3.63, 3.8) is 0 Å². The summed E-state index contributed by atoms with van der Waals surface area (Å²) in [5, 5.41) is 6.74. The van der Waals surface area contributed by atoms with Crippen LogP contribution >= 0.6 is 15.2 Å². The zero-order chi connectivity index (χ0) is 14.9. The Morgan fingerprint density at radius 3 is 1.84 bits per heavy atom. The zero-order valence-corrected chi connectivity index (χ0v) is 11.9. The first-order valence-electron chi connectivity index (χ1n) is 4.91. The van der Waals surface area contributed by atoms with Crippen LogP contribution in [0.15, 0.2) is 24.3 Å². The molecule has 19 heavy (non-hydrogen) atoms. The third kappa shape index (κ3) is 2.75. The van der Waals surface area contributed by atoms with Crippen molar-refractivity contribution < 1.29 is 38.2 Å². The highest BCUT2D eigenvalue weighted by molar-refractivity contribution is 7.71. The molecule has 0 heterocycles. The van der Waals surface area contributed by atoms with Crippen LogP contribution in [0.25, 0.3) is 0 Å². The summed E-state index contributed by atoms with van der Waals surface area (Å²) in [4.78, 5) is 27.9. The predicted molar refractivity (Wildman–Crippen MR) is 65.8 cm³/mol. The maximum absolute atomic E-state index is 11.8. The molecule has 1 aromatic rings. The fourth-order valence-electron chi connectivity index (χ4n) is 1.44. The fraction of sp³-hybridized carbons (Fsp3) is 0.333. The van der Waals surface area contributed by atoms with Crippen LogP contribution in [0.1, 0.15) is 5.56 Å². The summed E-state index contributed by atoms with van der Waals surface area (Å²) >= 11 is 0. The van der Waals surface area contributed by atoms with Crippen LogP contribution in [0.5, 0.6) is 5.75 Å². The summed E-state index contributed by atoms with van der Waals surface area (Å²) in [7, 11) is -8.27. The highest BCUT2D eigenvalue weighted by Crippen LogP contribution is 2.74. The second-order valence-corrected chi connectivity index (χ2v) is 7.75. The maximum Gasteiger partial charge on any atom is 0.376 e. The van der Waals surface area contributed by atoms with Crippen LogP contribution in [0.4, 0.5) is 0 Å². The Hall–Kier alpha value is -0.720. The number of hydrogen-bond acceptors (Lipinski definition) is 5. The summed E-state index contributed by atoms with van der Waals surface area (Å²) in [6, 6.07) is 4.71. The second-order valence-electron chi connectivity index (χ2n) is 3.61. The van der Waals surface area contributed by atoms with E-state index in [-0.39, 0.29) is 0 Å². The molecule has 0 radical (unpaired) electrons. The molecule has 1 rings (SSSR count). The second kappa shape index (κ2) is 5.34. The van der Waals surface area contributed by atoms with Crippen molar-refractivity contribution in [1.29, 1.82) is 0 Å². The average Bonchev–Trinajstić information content (AvgIpc) is 2.36. The van der Waals surface area contributed by atoms with Gasteiger partial charge in [0.05, 0.1) is 7.11 Å². The Morgan fingerprint density at radius 2 is 1.53 bits per heavy atom. The molecule has 0 aliphatic heterocycles. The lowest BCUT2D eigenvalue weighted by atomic mass is 10.2. The average molecular weight is 312 g/mol. The van der Waals surface area contributed by atoms with Crippen molar-refractivity contribution in [1.82, 2.24) is 0 Å². The molecule has 0 bridgehead atoms. The molecule has 1 aromatic carbocycles. The first-order valence-corrected chi connectivity index (χ1v) is 8.10. The summed E-state index contributed by atoms with van der Waals surface area (Å²) in [5.74, 6) is 0.349. The summed E-state index contributed by atoms with van der Waals surface area (Å²) < 4.78 is 32.2. The molecule has 0 saturated carbocycles. The Kier molecular flexibility index (Phi) is 4.59. The van der Waals surface area contributed by atoms with Gasteiger partial charge < -0.3 is 29.0 Å². The van der Waals surface area contributed by atoms with E-state index in [0.717, 1.165) is 19.2 Å². The lowest BCUT2D eigenvalue weighted by Gasteiger charge is -2.31. The van der Waals surface area contributed by atoms with Crippen molar-refractivity contribution in [2.24, 2.45) is 0 Å². The first-order chi connectivity index (χ1) is 8.60. The molecule has 0 aliphatic rings. The molecule has 0 spiro atoms. The molecule has 8 nitrogen and oxygen atoms in total. The highest BCUT2D eigenvalue weighted by Gasteiger charge is 2.61. The van der Waals surface area contributed by atoms with Gasteiger partial charge in [0.1, 0.15) is 5.75 Å². The van der Waals surface area contributed by atoms with Crippen LogP contribution in [0, 0.1) is 0 Å². The first kappa shape index (κ1) is 16.3. The van der Waals surface area contributed by atoms with E-state index in [1.54, 1.807) is 0 Å². The van der Waals surface area contributed by atoms with E-state index >= 15 is 0 Å². The molecule has 108 valence electrons. The minimum absolute atomic E-state index is 0.349. The number of rotatable bonds is 5. The van der Waals surface area contributed by atoms with Crippen LogP contribution in [0.2, 0.25) is 0 Å². The van der Waals surface area contributed by atoms with Crippen molar-refractivity contribution in [3.05, 3.63) is 29.8 Å². The van der Waals surface area contributed by atoms with E-state index in [4.69, 9.17) is 4.74 Å². The molecule has 0 aromatic heterocycles. The van der Waals surface area contributed by atoms with Gasteiger partial charge in [-0.3, -0.25) is 9.13 Å². The molecule has 0 aliphatic carbocycles. The highest BCUT2D eigenvalue weighted by atomic mass is 31.2. The molecular formula is C9H14O8P2. The standard InChI is InChI=1S/C9H14O8P2/c1-16-8-5-3-7(4-6-8)9(10,18(11,12)13)19(14,15)17-2/h3-6,10H,1-2H3,(H,14,15)(H2,11,12,13). The van der Waals surface area contributed by atoms with Gasteiger partial charge in [-0.2, -0.15) is 0 Å². The van der Waals surface area contributed by atoms with Crippen molar-refractivity contribution >= 4 is 15.2 Å². The van der Waals surface area contributed by atoms with E-state index in [2.05, 4.69) is 4.52 Å². The van der Waals surface area contributed by atoms with E-state index in [1.807, 2.05) is 0 Å². The number of hydrogen-bond donors (Lipinski definition) is 4. The smallest absolute Gasteiger partial charge is 0.376 e. The van der Waals surface area contributed by atoms with Crippen LogP contribution in [0.3, 0.4) is 0 Å². The van der Waals surface area contributed by atoms with Gasteiger partial charge in [0.25, 0.3) is 5.08 Å². The minimum atomic E-state index is -5.39. The molecule has 2 atom stereocenters. The van der Waals surface area contributed by atoms with E-state index in [9.17, 15) is 28.9 Å². The lowest BCUT2D eigenvalue weighted by Crippen LogP contribution is -2.26. The molecule has 0 fully saturated rings. The summed E-state index contributed by atoms with van der Waals surface area (Å²) in [6.45, 7) is 0. The maximum atomic E-state index is 11.8. The minimum Gasteiger partial charge on any atom is -0.497 e. The van der Waals surface area contributed by atoms with E-state index in [1.165, 1.54) is 19.2 Å². The third-order valence-electron chi connectivity index (χ3n) is 2.52. The fourth-order valence-corrected chi connectivity index (χ4v) is 4.22. The van der Waals surface area contributed by atoms with E-state index in [0.29, 0.717) is 5.75 Å². The molecule has 2 unspecified atom stereocenters. The van der Waals surface area contributed by atoms with Crippen molar-refractivity contribution in [2.75, 3.05) is 14.2 Å². The van der Waals surface area contributed by atoms with Gasteiger partial charge in [-0.1, -0.05) is 12.1 Å². The summed E-state index contributed by atoms with van der Waals surface area (Å²) in [5.41, 5.74) is -0.450. The number of aliphatic hydroxyl groups is 1. The predicted octanol–water partition coefficient (Wildman–Crippen LogP) is 0.807. The molecular weight excluding hydrogens is 298 g/mol. The van der Waals surface area contributed by atoms with Crippen LogP contribution < -0.4 is 4.74 Å². The van der Waals surface area contributed by atoms with Crippen LogP contribution in [-0.4, -0.2) is 34.0 Å².